The van der Waals surface area contributed by atoms with E-state index in [9.17, 15) is 0 Å². The quantitative estimate of drug-likeness (QED) is 0.410. The zero-order chi connectivity index (χ0) is 19.6. The average molecular weight is 387 g/mol. The van der Waals surface area contributed by atoms with Crippen LogP contribution in [0.1, 0.15) is 0 Å². The molecule has 29 heavy (non-hydrogen) atoms. The van der Waals surface area contributed by atoms with Crippen molar-refractivity contribution in [2.45, 2.75) is 0 Å². The molecule has 5 rings (SSSR count). The number of rotatable bonds is 6. The minimum absolute atomic E-state index is 0.0550. The van der Waals surface area contributed by atoms with E-state index in [1.165, 1.54) is 0 Å². The molecule has 1 aromatic carbocycles. The fraction of sp³-hybridized carbons (Fsp3) is 0.100. The lowest BCUT2D eigenvalue weighted by Crippen LogP contribution is -2.04. The lowest BCUT2D eigenvalue weighted by molar-refractivity contribution is 0.196. The largest absolute Gasteiger partial charge is 0.475 e. The third kappa shape index (κ3) is 3.34. The molecule has 0 saturated carbocycles. The highest BCUT2D eigenvalue weighted by Gasteiger charge is 2.11. The van der Waals surface area contributed by atoms with E-state index >= 15 is 0 Å². The maximum atomic E-state index is 8.84. The minimum atomic E-state index is -0.0550. The minimum Gasteiger partial charge on any atom is -0.475 e. The van der Waals surface area contributed by atoms with Gasteiger partial charge in [0.15, 0.2) is 11.5 Å². The molecule has 9 nitrogen and oxygen atoms in total. The number of aromatic nitrogens is 6. The number of H-pyrrole nitrogens is 1. The van der Waals surface area contributed by atoms with Crippen molar-refractivity contribution in [1.29, 1.82) is 0 Å². The van der Waals surface area contributed by atoms with Gasteiger partial charge in [0.2, 0.25) is 5.88 Å². The molecule has 0 amide bonds. The van der Waals surface area contributed by atoms with Crippen molar-refractivity contribution in [3.8, 4) is 17.1 Å². The number of nitrogens with one attached hydrogen (secondary N) is 2. The number of hydrogen-bond donors (Lipinski definition) is 3. The summed E-state index contributed by atoms with van der Waals surface area (Å²) in [4.78, 5) is 13.4. The summed E-state index contributed by atoms with van der Waals surface area (Å²) in [5.41, 5.74) is 4.17. The fourth-order valence-electron chi connectivity index (χ4n) is 3.08. The molecule has 0 saturated heterocycles. The smallest absolute Gasteiger partial charge is 0.213 e. The van der Waals surface area contributed by atoms with E-state index in [1.807, 2.05) is 41.1 Å². The molecule has 0 aliphatic rings. The molecule has 0 unspecified atom stereocenters. The summed E-state index contributed by atoms with van der Waals surface area (Å²) < 4.78 is 7.22. The van der Waals surface area contributed by atoms with Gasteiger partial charge >= 0.3 is 0 Å². The predicted molar refractivity (Wildman–Crippen MR) is 108 cm³/mol. The molecule has 0 radical (unpaired) electrons. The summed E-state index contributed by atoms with van der Waals surface area (Å²) in [7, 11) is 0. The monoisotopic (exact) mass is 387 g/mol. The summed E-state index contributed by atoms with van der Waals surface area (Å²) in [6.07, 6.45) is 8.99. The lowest BCUT2D eigenvalue weighted by Gasteiger charge is -2.10. The van der Waals surface area contributed by atoms with Crippen molar-refractivity contribution in [2.24, 2.45) is 0 Å². The Labute approximate surface area is 165 Å². The maximum absolute atomic E-state index is 8.84. The Bertz CT molecular complexity index is 1280. The van der Waals surface area contributed by atoms with Gasteiger partial charge in [0.25, 0.3) is 0 Å². The van der Waals surface area contributed by atoms with Crippen LogP contribution in [0.5, 0.6) is 5.88 Å². The van der Waals surface area contributed by atoms with E-state index in [0.717, 1.165) is 27.8 Å². The Morgan fingerprint density at radius 1 is 1.14 bits per heavy atom. The third-order valence-electron chi connectivity index (χ3n) is 4.45. The van der Waals surface area contributed by atoms with Crippen LogP contribution in [-0.2, 0) is 0 Å². The van der Waals surface area contributed by atoms with E-state index in [2.05, 4.69) is 25.5 Å². The topological polar surface area (TPSA) is 113 Å². The Morgan fingerprint density at radius 3 is 2.97 bits per heavy atom. The summed E-state index contributed by atoms with van der Waals surface area (Å²) in [5, 5.41) is 20.2. The molecule has 9 heteroatoms. The Hall–Kier alpha value is -3.98. The van der Waals surface area contributed by atoms with Gasteiger partial charge in [-0.05, 0) is 12.1 Å². The highest BCUT2D eigenvalue weighted by Crippen LogP contribution is 2.26. The van der Waals surface area contributed by atoms with Crippen LogP contribution in [0.4, 0.5) is 11.5 Å². The first-order valence-electron chi connectivity index (χ1n) is 9.04. The van der Waals surface area contributed by atoms with E-state index in [4.69, 9.17) is 14.8 Å². The summed E-state index contributed by atoms with van der Waals surface area (Å²) in [6, 6.07) is 9.62. The zero-order valence-electron chi connectivity index (χ0n) is 15.3. The standard InChI is InChI=1S/C20H17N7O2/c28-7-8-29-18-4-3-15(11-22-18)24-19-20-21-5-6-27(20)12-17(25-19)13-1-2-14-10-23-26-16(14)9-13/h1-6,9-12,28H,7-8H2,(H,23,26)(H,24,25). The predicted octanol–water partition coefficient (Wildman–Crippen LogP) is 2.78. The lowest BCUT2D eigenvalue weighted by atomic mass is 10.1. The number of anilines is 2. The van der Waals surface area contributed by atoms with Crippen LogP contribution in [-0.4, -0.2) is 47.9 Å². The number of ether oxygens (including phenoxy) is 1. The van der Waals surface area contributed by atoms with E-state index < -0.39 is 0 Å². The second kappa shape index (κ2) is 7.21. The molecule has 0 aliphatic carbocycles. The van der Waals surface area contributed by atoms with Gasteiger partial charge in [0.05, 0.1) is 35.9 Å². The molecule has 0 atom stereocenters. The molecular formula is C20H17N7O2. The second-order valence-corrected chi connectivity index (χ2v) is 6.39. The first-order valence-corrected chi connectivity index (χ1v) is 9.04. The molecule has 5 aromatic rings. The van der Waals surface area contributed by atoms with Crippen molar-refractivity contribution < 1.29 is 9.84 Å². The highest BCUT2D eigenvalue weighted by molar-refractivity contribution is 5.83. The van der Waals surface area contributed by atoms with Crippen LogP contribution in [0.2, 0.25) is 0 Å². The number of nitrogens with zero attached hydrogens (tertiary/aromatic N) is 5. The van der Waals surface area contributed by atoms with Gasteiger partial charge in [-0.15, -0.1) is 0 Å². The van der Waals surface area contributed by atoms with Gasteiger partial charge in [0, 0.05) is 35.6 Å². The van der Waals surface area contributed by atoms with Crippen LogP contribution >= 0.6 is 0 Å². The van der Waals surface area contributed by atoms with Gasteiger partial charge in [0.1, 0.15) is 6.61 Å². The van der Waals surface area contributed by atoms with Crippen molar-refractivity contribution in [3.63, 3.8) is 0 Å². The number of aliphatic hydroxyl groups is 1. The van der Waals surface area contributed by atoms with Crippen molar-refractivity contribution >= 4 is 28.1 Å². The highest BCUT2D eigenvalue weighted by atomic mass is 16.5. The molecule has 0 spiro atoms. The van der Waals surface area contributed by atoms with Crippen LogP contribution in [0, 0.1) is 0 Å². The molecule has 144 valence electrons. The molecule has 4 heterocycles. The number of benzene rings is 1. The molecule has 0 fully saturated rings. The van der Waals surface area contributed by atoms with Gasteiger partial charge in [-0.3, -0.25) is 5.10 Å². The third-order valence-corrected chi connectivity index (χ3v) is 4.45. The van der Waals surface area contributed by atoms with Gasteiger partial charge in [-0.1, -0.05) is 12.1 Å². The van der Waals surface area contributed by atoms with Crippen LogP contribution in [0.15, 0.2) is 61.3 Å². The van der Waals surface area contributed by atoms with E-state index in [1.54, 1.807) is 24.7 Å². The van der Waals surface area contributed by atoms with Crippen molar-refractivity contribution in [2.75, 3.05) is 18.5 Å². The normalized spacial score (nSPS) is 11.2. The number of aliphatic hydroxyl groups excluding tert-OH is 1. The molecular weight excluding hydrogens is 370 g/mol. The number of imidazole rings is 1. The van der Waals surface area contributed by atoms with Crippen molar-refractivity contribution in [3.05, 3.63) is 61.3 Å². The van der Waals surface area contributed by atoms with Gasteiger partial charge in [-0.2, -0.15) is 5.10 Å². The first kappa shape index (κ1) is 17.1. The van der Waals surface area contributed by atoms with E-state index in [-0.39, 0.29) is 13.2 Å². The zero-order valence-corrected chi connectivity index (χ0v) is 15.3. The average Bonchev–Trinajstić information content (AvgIpc) is 3.42. The summed E-state index contributed by atoms with van der Waals surface area (Å²) in [5.74, 6) is 1.06. The van der Waals surface area contributed by atoms with E-state index in [0.29, 0.717) is 17.3 Å². The molecule has 3 N–H and O–H groups in total. The first-order chi connectivity index (χ1) is 14.3. The summed E-state index contributed by atoms with van der Waals surface area (Å²) >= 11 is 0. The van der Waals surface area contributed by atoms with Crippen LogP contribution in [0.3, 0.4) is 0 Å². The number of hydrogen-bond acceptors (Lipinski definition) is 7. The van der Waals surface area contributed by atoms with Crippen LogP contribution in [0.25, 0.3) is 27.8 Å². The molecule has 4 aromatic heterocycles. The second-order valence-electron chi connectivity index (χ2n) is 6.39. The van der Waals surface area contributed by atoms with Crippen LogP contribution < -0.4 is 10.1 Å². The Kier molecular flexibility index (Phi) is 4.26. The number of aromatic amines is 1. The van der Waals surface area contributed by atoms with Gasteiger partial charge in [-0.25, -0.2) is 15.0 Å². The Balaban J connectivity index is 1.50. The molecule has 0 aliphatic heterocycles. The molecule has 0 bridgehead atoms. The number of pyridine rings is 1. The van der Waals surface area contributed by atoms with Crippen molar-refractivity contribution in [1.82, 2.24) is 29.5 Å². The fourth-order valence-corrected chi connectivity index (χ4v) is 3.08. The number of fused-ring (bicyclic) bond motifs is 2. The summed E-state index contributed by atoms with van der Waals surface area (Å²) in [6.45, 7) is 0.152. The maximum Gasteiger partial charge on any atom is 0.213 e. The Morgan fingerprint density at radius 2 is 2.10 bits per heavy atom. The SMILES string of the molecule is OCCOc1ccc(Nc2nc(-c3ccc4cn[nH]c4c3)cn3ccnc23)cn1. The van der Waals surface area contributed by atoms with Gasteiger partial charge < -0.3 is 19.6 Å².